The summed E-state index contributed by atoms with van der Waals surface area (Å²) in [6, 6.07) is 12.9. The molecule has 0 fully saturated rings. The number of primary amides is 1. The topological polar surface area (TPSA) is 363 Å². The Kier molecular flexibility index (Phi) is 23.0. The zero-order chi connectivity index (χ0) is 53.7. The van der Waals surface area contributed by atoms with Crippen molar-refractivity contribution in [2.75, 3.05) is 30.6 Å². The molecule has 0 aliphatic carbocycles. The predicted molar refractivity (Wildman–Crippen MR) is 272 cm³/mol. The number of aromatic amines is 1. The van der Waals surface area contributed by atoms with Crippen LogP contribution in [0.25, 0.3) is 10.9 Å². The molecule has 0 spiro atoms. The molecule has 26 heteroatoms. The van der Waals surface area contributed by atoms with Crippen molar-refractivity contribution in [1.82, 2.24) is 42.2 Å². The van der Waals surface area contributed by atoms with E-state index in [0.29, 0.717) is 33.3 Å². The van der Waals surface area contributed by atoms with Crippen molar-refractivity contribution in [3.8, 4) is 5.75 Å². The molecule has 8 amide bonds. The minimum absolute atomic E-state index is 0.000849. The molecular formula is C47H59N9O14S3. The van der Waals surface area contributed by atoms with E-state index >= 15 is 0 Å². The molecule has 3 aromatic carbocycles. The van der Waals surface area contributed by atoms with Gasteiger partial charge in [-0.2, -0.15) is 31.9 Å². The number of aromatic hydroxyl groups is 1. The average Bonchev–Trinajstić information content (AvgIpc) is 3.74. The van der Waals surface area contributed by atoms with Crippen molar-refractivity contribution in [3.05, 3.63) is 102 Å². The molecule has 12 N–H and O–H groups in total. The van der Waals surface area contributed by atoms with Gasteiger partial charge in [-0.1, -0.05) is 60.7 Å². The Labute approximate surface area is 429 Å². The van der Waals surface area contributed by atoms with E-state index in [1.54, 1.807) is 85.4 Å². The van der Waals surface area contributed by atoms with Gasteiger partial charge < -0.3 is 57.2 Å². The molecule has 6 atom stereocenters. The summed E-state index contributed by atoms with van der Waals surface area (Å²) in [5, 5.41) is 27.9. The Hall–Kier alpha value is -7.16. The highest BCUT2D eigenvalue weighted by molar-refractivity contribution is 7.98. The number of nitrogens with two attached hydrogens (primary N) is 1. The summed E-state index contributed by atoms with van der Waals surface area (Å²) < 4.78 is 35.9. The first-order valence-electron chi connectivity index (χ1n) is 22.6. The zero-order valence-corrected chi connectivity index (χ0v) is 42.5. The fourth-order valence-electron chi connectivity index (χ4n) is 7.29. The SMILES string of the molecule is CSCCC(NC(=O)C(Cc1ccc(O)cc1)NC(C)=O)C(=O)NCC(=O)NC(Cc1c[nH]c2ccccc12)C(=O)NC(CCSC)C(=O)NC(CC(=O)OS(=O)(=O)O)C(=O)NC(Cc1ccccc1)C(N)=O. The van der Waals surface area contributed by atoms with Gasteiger partial charge in [0.05, 0.1) is 13.0 Å². The molecule has 73 heavy (non-hydrogen) atoms. The van der Waals surface area contributed by atoms with Gasteiger partial charge in [-0.15, -0.1) is 0 Å². The van der Waals surface area contributed by atoms with E-state index in [-0.39, 0.29) is 43.6 Å². The predicted octanol–water partition coefficient (Wildman–Crippen LogP) is -0.326. The van der Waals surface area contributed by atoms with Crippen molar-refractivity contribution in [2.24, 2.45) is 5.73 Å². The van der Waals surface area contributed by atoms with Gasteiger partial charge in [0, 0.05) is 43.3 Å². The molecule has 0 saturated carbocycles. The fraction of sp³-hybridized carbons (Fsp3) is 0.383. The second-order valence-corrected chi connectivity index (χ2v) is 19.5. The van der Waals surface area contributed by atoms with Crippen LogP contribution in [0.5, 0.6) is 5.75 Å². The zero-order valence-electron chi connectivity index (χ0n) is 40.0. The molecule has 1 heterocycles. The van der Waals surface area contributed by atoms with Crippen LogP contribution >= 0.6 is 23.5 Å². The summed E-state index contributed by atoms with van der Waals surface area (Å²) in [5.41, 5.74) is 8.02. The number of fused-ring (bicyclic) bond motifs is 1. The number of hydrogen-bond donors (Lipinski definition) is 11. The summed E-state index contributed by atoms with van der Waals surface area (Å²) in [7, 11) is -5.36. The van der Waals surface area contributed by atoms with Gasteiger partial charge >= 0.3 is 16.4 Å². The van der Waals surface area contributed by atoms with Gasteiger partial charge in [0.2, 0.25) is 47.3 Å². The maximum absolute atomic E-state index is 14.3. The van der Waals surface area contributed by atoms with Crippen molar-refractivity contribution in [3.63, 3.8) is 0 Å². The second-order valence-electron chi connectivity index (χ2n) is 16.5. The van der Waals surface area contributed by atoms with Crippen LogP contribution in [0.1, 0.15) is 42.9 Å². The summed E-state index contributed by atoms with van der Waals surface area (Å²) in [6.45, 7) is 0.542. The molecule has 394 valence electrons. The van der Waals surface area contributed by atoms with Crippen LogP contribution < -0.4 is 43.0 Å². The maximum atomic E-state index is 14.3. The Morgan fingerprint density at radius 2 is 1.14 bits per heavy atom. The van der Waals surface area contributed by atoms with Crippen molar-refractivity contribution < 1.29 is 65.4 Å². The second kappa shape index (κ2) is 28.8. The number of carbonyl (C=O) groups is 9. The van der Waals surface area contributed by atoms with Crippen LogP contribution in [-0.4, -0.2) is 143 Å². The van der Waals surface area contributed by atoms with E-state index in [1.165, 1.54) is 42.6 Å². The number of benzene rings is 3. The third-order valence-corrected chi connectivity index (χ3v) is 12.6. The lowest BCUT2D eigenvalue weighted by molar-refractivity contribution is -0.139. The molecule has 0 bridgehead atoms. The Morgan fingerprint density at radius 3 is 1.73 bits per heavy atom. The van der Waals surface area contributed by atoms with Crippen LogP contribution in [0, 0.1) is 0 Å². The largest absolute Gasteiger partial charge is 0.508 e. The number of phenolic OH excluding ortho intramolecular Hbond substituents is 1. The molecule has 1 aromatic heterocycles. The van der Waals surface area contributed by atoms with Gasteiger partial charge in [-0.25, -0.2) is 0 Å². The average molecular weight is 1070 g/mol. The van der Waals surface area contributed by atoms with Crippen LogP contribution in [0.3, 0.4) is 0 Å². The Balaban J connectivity index is 1.55. The van der Waals surface area contributed by atoms with Crippen molar-refractivity contribution >= 4 is 98.1 Å². The van der Waals surface area contributed by atoms with Gasteiger partial charge in [-0.3, -0.25) is 47.7 Å². The molecule has 23 nitrogen and oxygen atoms in total. The lowest BCUT2D eigenvalue weighted by Crippen LogP contribution is -2.59. The van der Waals surface area contributed by atoms with E-state index in [9.17, 15) is 56.7 Å². The summed E-state index contributed by atoms with van der Waals surface area (Å²) in [4.78, 5) is 123. The number of nitrogens with one attached hydrogen (secondary N) is 8. The third kappa shape index (κ3) is 20.1. The van der Waals surface area contributed by atoms with Crippen LogP contribution in [-0.2, 0) is 77.0 Å². The summed E-state index contributed by atoms with van der Waals surface area (Å²) >= 11 is 2.67. The monoisotopic (exact) mass is 1070 g/mol. The molecule has 0 radical (unpaired) electrons. The van der Waals surface area contributed by atoms with E-state index in [0.717, 1.165) is 0 Å². The summed E-state index contributed by atoms with van der Waals surface area (Å²) in [6.07, 6.45) is 3.72. The van der Waals surface area contributed by atoms with Crippen molar-refractivity contribution in [2.45, 2.75) is 81.7 Å². The lowest BCUT2D eigenvalue weighted by atomic mass is 10.0. The Morgan fingerprint density at radius 1 is 0.630 bits per heavy atom. The smallest absolute Gasteiger partial charge is 0.448 e. The van der Waals surface area contributed by atoms with E-state index in [4.69, 9.17) is 10.3 Å². The first-order valence-corrected chi connectivity index (χ1v) is 26.7. The van der Waals surface area contributed by atoms with Gasteiger partial charge in [0.25, 0.3) is 0 Å². The number of thioether (sulfide) groups is 2. The van der Waals surface area contributed by atoms with Crippen LogP contribution in [0.2, 0.25) is 0 Å². The molecule has 4 aromatic rings. The quantitative estimate of drug-likeness (QED) is 0.0310. The minimum atomic E-state index is -5.36. The lowest BCUT2D eigenvalue weighted by Gasteiger charge is -2.26. The first kappa shape index (κ1) is 58.4. The number of phenols is 1. The summed E-state index contributed by atoms with van der Waals surface area (Å²) in [5.74, 6) is -7.97. The molecule has 0 aliphatic rings. The number of para-hydroxylation sites is 1. The number of carbonyl (C=O) groups excluding carboxylic acids is 9. The van der Waals surface area contributed by atoms with Crippen LogP contribution in [0.4, 0.5) is 0 Å². The van der Waals surface area contributed by atoms with E-state index < -0.39 is 113 Å². The number of hydrogen-bond acceptors (Lipinski definition) is 15. The van der Waals surface area contributed by atoms with E-state index in [1.807, 2.05) is 0 Å². The molecular weight excluding hydrogens is 1010 g/mol. The molecule has 0 saturated heterocycles. The highest BCUT2D eigenvalue weighted by atomic mass is 32.3. The van der Waals surface area contributed by atoms with Gasteiger partial charge in [0.1, 0.15) is 42.0 Å². The maximum Gasteiger partial charge on any atom is 0.448 e. The van der Waals surface area contributed by atoms with Crippen molar-refractivity contribution in [1.29, 1.82) is 0 Å². The first-order chi connectivity index (χ1) is 34.7. The third-order valence-electron chi connectivity index (χ3n) is 10.9. The number of H-pyrrole nitrogens is 1. The van der Waals surface area contributed by atoms with Gasteiger partial charge in [0.15, 0.2) is 0 Å². The molecule has 6 unspecified atom stereocenters. The highest BCUT2D eigenvalue weighted by Gasteiger charge is 2.34. The number of amides is 8. The van der Waals surface area contributed by atoms with E-state index in [2.05, 4.69) is 46.4 Å². The highest BCUT2D eigenvalue weighted by Crippen LogP contribution is 2.20. The number of rotatable bonds is 29. The molecule has 0 aliphatic heterocycles. The Bertz CT molecular complexity index is 2690. The number of aromatic nitrogens is 1. The van der Waals surface area contributed by atoms with Gasteiger partial charge in [-0.05, 0) is 71.7 Å². The minimum Gasteiger partial charge on any atom is -0.508 e. The normalized spacial score (nSPS) is 13.6. The standard InChI is InChI=1S/C47H59N9O14S3/c1-27(57)51-37(22-29-13-15-31(58)16-14-29)45(64)53-34(17-19-71-2)43(62)50-26-40(59)52-38(23-30-25-49-33-12-8-7-11-32(30)33)46(65)54-35(18-20-72-3)44(63)56-39(24-41(60)70-73(67,68)69)47(66)55-36(42(48)61)21-28-9-5-4-6-10-28/h4-16,25,34-39,49,58H,17-24,26H2,1-3H3,(H2,48,61)(H,50,62)(H,51,57)(H,52,59)(H,53,64)(H,54,65)(H,55,66)(H,56,63)(H,67,68,69). The fourth-order valence-corrected chi connectivity index (χ4v) is 8.53. The van der Waals surface area contributed by atoms with Crippen LogP contribution in [0.15, 0.2) is 85.1 Å². The molecule has 4 rings (SSSR count).